The predicted molar refractivity (Wildman–Crippen MR) is 77.5 cm³/mol. The fourth-order valence-corrected chi connectivity index (χ4v) is 2.25. The molecule has 21 heavy (non-hydrogen) atoms. The zero-order valence-corrected chi connectivity index (χ0v) is 12.0. The van der Waals surface area contributed by atoms with Crippen molar-refractivity contribution in [3.63, 3.8) is 0 Å². The summed E-state index contributed by atoms with van der Waals surface area (Å²) in [7, 11) is 0. The highest BCUT2D eigenvalue weighted by Gasteiger charge is 2.24. The number of benzene rings is 1. The van der Waals surface area contributed by atoms with Crippen LogP contribution in [0.1, 0.15) is 41.6 Å². The number of carbonyl (C=O) groups is 1. The van der Waals surface area contributed by atoms with Crippen molar-refractivity contribution in [2.45, 2.75) is 26.7 Å². The van der Waals surface area contributed by atoms with E-state index in [-0.39, 0.29) is 17.6 Å². The molecule has 5 heteroatoms. The maximum atomic E-state index is 11.2. The largest absolute Gasteiger partial charge is 0.475 e. The molecule has 0 unspecified atom stereocenters. The van der Waals surface area contributed by atoms with Gasteiger partial charge in [-0.2, -0.15) is 0 Å². The van der Waals surface area contributed by atoms with Gasteiger partial charge in [-0.3, -0.25) is 0 Å². The minimum absolute atomic E-state index is 0.0415. The second kappa shape index (κ2) is 4.77. The molecule has 1 N–H and O–H groups in total. The van der Waals surface area contributed by atoms with Crippen LogP contribution in [0.25, 0.3) is 22.6 Å². The lowest BCUT2D eigenvalue weighted by atomic mass is 10.1. The number of oxazole rings is 1. The summed E-state index contributed by atoms with van der Waals surface area (Å²) in [5.74, 6) is -0.656. The fraction of sp³-hybridized carbons (Fsp3) is 0.250. The van der Waals surface area contributed by atoms with Gasteiger partial charge in [0, 0.05) is 5.39 Å². The minimum atomic E-state index is -1.12. The Bertz CT molecular complexity index is 826. The van der Waals surface area contributed by atoms with Crippen molar-refractivity contribution in [2.75, 3.05) is 0 Å². The van der Waals surface area contributed by atoms with Crippen LogP contribution in [0.3, 0.4) is 0 Å². The number of aryl methyl sites for hydroxylation is 1. The smallest absolute Gasteiger partial charge is 0.373 e. The molecule has 3 rings (SSSR count). The van der Waals surface area contributed by atoms with E-state index in [0.29, 0.717) is 11.5 Å². The standard InChI is InChI=1S/C16H15NO4/c1-8(2)13-14(16(18)19)21-15(17-13)12-7-10-6-9(3)4-5-11(10)20-12/h4-8H,1-3H3,(H,18,19). The van der Waals surface area contributed by atoms with Crippen molar-refractivity contribution >= 4 is 16.9 Å². The Labute approximate surface area is 121 Å². The molecule has 5 nitrogen and oxygen atoms in total. The quantitative estimate of drug-likeness (QED) is 0.779. The monoisotopic (exact) mass is 285 g/mol. The van der Waals surface area contributed by atoms with Crippen molar-refractivity contribution in [1.29, 1.82) is 0 Å². The second-order valence-corrected chi connectivity index (χ2v) is 5.35. The van der Waals surface area contributed by atoms with Crippen LogP contribution in [0.2, 0.25) is 0 Å². The van der Waals surface area contributed by atoms with Crippen LogP contribution in [0.5, 0.6) is 0 Å². The number of fused-ring (bicyclic) bond motifs is 1. The highest BCUT2D eigenvalue weighted by molar-refractivity contribution is 5.87. The van der Waals surface area contributed by atoms with Crippen molar-refractivity contribution in [3.05, 3.63) is 41.3 Å². The number of rotatable bonds is 3. The van der Waals surface area contributed by atoms with Gasteiger partial charge >= 0.3 is 5.97 Å². The molecule has 0 aliphatic rings. The van der Waals surface area contributed by atoms with Crippen molar-refractivity contribution < 1.29 is 18.7 Å². The van der Waals surface area contributed by atoms with Crippen LogP contribution in [0, 0.1) is 6.92 Å². The third kappa shape index (κ3) is 2.31. The third-order valence-corrected chi connectivity index (χ3v) is 3.28. The molecular weight excluding hydrogens is 270 g/mol. The zero-order chi connectivity index (χ0) is 15.1. The van der Waals surface area contributed by atoms with Crippen molar-refractivity contribution in [2.24, 2.45) is 0 Å². The Morgan fingerprint density at radius 3 is 2.62 bits per heavy atom. The van der Waals surface area contributed by atoms with Gasteiger partial charge < -0.3 is 13.9 Å². The summed E-state index contributed by atoms with van der Waals surface area (Å²) < 4.78 is 11.1. The van der Waals surface area contributed by atoms with Crippen LogP contribution < -0.4 is 0 Å². The molecule has 0 amide bonds. The lowest BCUT2D eigenvalue weighted by Crippen LogP contribution is -2.01. The number of aromatic carboxylic acids is 1. The van der Waals surface area contributed by atoms with Gasteiger partial charge in [0.2, 0.25) is 5.76 Å². The molecule has 0 spiro atoms. The Morgan fingerprint density at radius 1 is 1.24 bits per heavy atom. The molecule has 0 aliphatic carbocycles. The van der Waals surface area contributed by atoms with Gasteiger partial charge in [0.15, 0.2) is 5.76 Å². The molecule has 0 atom stereocenters. The number of hydrogen-bond donors (Lipinski definition) is 1. The van der Waals surface area contributed by atoms with E-state index >= 15 is 0 Å². The Kier molecular flexibility index (Phi) is 3.05. The van der Waals surface area contributed by atoms with Gasteiger partial charge in [0.25, 0.3) is 5.89 Å². The summed E-state index contributed by atoms with van der Waals surface area (Å²) in [4.78, 5) is 15.5. The summed E-state index contributed by atoms with van der Waals surface area (Å²) in [6.45, 7) is 5.74. The molecule has 0 bridgehead atoms. The first-order valence-electron chi connectivity index (χ1n) is 6.70. The Hall–Kier alpha value is -2.56. The average Bonchev–Trinajstić information content (AvgIpc) is 3.01. The first kappa shape index (κ1) is 13.4. The van der Waals surface area contributed by atoms with Crippen LogP contribution in [-0.2, 0) is 0 Å². The van der Waals surface area contributed by atoms with Gasteiger partial charge in [-0.15, -0.1) is 0 Å². The summed E-state index contributed by atoms with van der Waals surface area (Å²) in [5.41, 5.74) is 2.27. The van der Waals surface area contributed by atoms with Gasteiger partial charge in [0.1, 0.15) is 5.58 Å². The normalized spacial score (nSPS) is 11.4. The third-order valence-electron chi connectivity index (χ3n) is 3.28. The van der Waals surface area contributed by atoms with Crippen LogP contribution in [0.4, 0.5) is 0 Å². The molecule has 0 saturated carbocycles. The molecule has 2 aromatic heterocycles. The summed E-state index contributed by atoms with van der Waals surface area (Å²) >= 11 is 0. The van der Waals surface area contributed by atoms with E-state index in [2.05, 4.69) is 4.98 Å². The highest BCUT2D eigenvalue weighted by Crippen LogP contribution is 2.31. The molecule has 0 saturated heterocycles. The van der Waals surface area contributed by atoms with Gasteiger partial charge in [-0.25, -0.2) is 9.78 Å². The Balaban J connectivity index is 2.14. The molecule has 108 valence electrons. The molecule has 0 aliphatic heterocycles. The summed E-state index contributed by atoms with van der Waals surface area (Å²) in [6, 6.07) is 7.63. The SMILES string of the molecule is Cc1ccc2oc(-c3nc(C(C)C)c(C(=O)O)o3)cc2c1. The average molecular weight is 285 g/mol. The first-order chi connectivity index (χ1) is 9.95. The van der Waals surface area contributed by atoms with Gasteiger partial charge in [-0.1, -0.05) is 25.5 Å². The maximum Gasteiger partial charge on any atom is 0.373 e. The minimum Gasteiger partial charge on any atom is -0.475 e. The van der Waals surface area contributed by atoms with Crippen LogP contribution >= 0.6 is 0 Å². The maximum absolute atomic E-state index is 11.2. The molecule has 0 fully saturated rings. The lowest BCUT2D eigenvalue weighted by Gasteiger charge is -1.98. The van der Waals surface area contributed by atoms with Gasteiger partial charge in [-0.05, 0) is 31.0 Å². The van der Waals surface area contributed by atoms with E-state index in [4.69, 9.17) is 8.83 Å². The molecule has 0 radical (unpaired) electrons. The lowest BCUT2D eigenvalue weighted by molar-refractivity contribution is 0.0661. The number of carboxylic acid groups (broad SMARTS) is 1. The van der Waals surface area contributed by atoms with E-state index < -0.39 is 5.97 Å². The second-order valence-electron chi connectivity index (χ2n) is 5.35. The predicted octanol–water partition coefficient (Wildman–Crippen LogP) is 4.22. The molecule has 2 heterocycles. The van der Waals surface area contributed by atoms with E-state index in [1.165, 1.54) is 0 Å². The number of carboxylic acids is 1. The summed E-state index contributed by atoms with van der Waals surface area (Å²) in [5, 5.41) is 10.1. The van der Waals surface area contributed by atoms with Crippen LogP contribution in [0.15, 0.2) is 33.1 Å². The number of aromatic nitrogens is 1. The molecule has 1 aromatic carbocycles. The van der Waals surface area contributed by atoms with E-state index in [0.717, 1.165) is 16.5 Å². The number of nitrogens with zero attached hydrogens (tertiary/aromatic N) is 1. The molecular formula is C16H15NO4. The Morgan fingerprint density at radius 2 is 2.00 bits per heavy atom. The summed E-state index contributed by atoms with van der Waals surface area (Å²) in [6.07, 6.45) is 0. The van der Waals surface area contributed by atoms with E-state index in [1.54, 1.807) is 0 Å². The first-order valence-corrected chi connectivity index (χ1v) is 6.70. The van der Waals surface area contributed by atoms with Crippen LogP contribution in [-0.4, -0.2) is 16.1 Å². The highest BCUT2D eigenvalue weighted by atomic mass is 16.4. The number of hydrogen-bond acceptors (Lipinski definition) is 4. The zero-order valence-electron chi connectivity index (χ0n) is 12.0. The molecule has 3 aromatic rings. The van der Waals surface area contributed by atoms with E-state index in [9.17, 15) is 9.90 Å². The van der Waals surface area contributed by atoms with Crippen molar-refractivity contribution in [1.82, 2.24) is 4.98 Å². The number of furan rings is 1. The topological polar surface area (TPSA) is 76.5 Å². The van der Waals surface area contributed by atoms with E-state index in [1.807, 2.05) is 45.0 Å². The van der Waals surface area contributed by atoms with Crippen molar-refractivity contribution in [3.8, 4) is 11.7 Å². The van der Waals surface area contributed by atoms with Gasteiger partial charge in [0.05, 0.1) is 5.69 Å². The fourth-order valence-electron chi connectivity index (χ4n) is 2.25.